The zero-order chi connectivity index (χ0) is 12.8. The Morgan fingerprint density at radius 3 is 2.33 bits per heavy atom. The maximum Gasteiger partial charge on any atom is 0.224 e. The van der Waals surface area contributed by atoms with Crippen molar-refractivity contribution in [2.24, 2.45) is 5.92 Å². The summed E-state index contributed by atoms with van der Waals surface area (Å²) in [6, 6.07) is 1.32. The summed E-state index contributed by atoms with van der Waals surface area (Å²) < 4.78 is 22.7. The summed E-state index contributed by atoms with van der Waals surface area (Å²) in [6.07, 6.45) is 4.87. The van der Waals surface area contributed by atoms with E-state index < -0.39 is 9.84 Å². The van der Waals surface area contributed by atoms with Crippen molar-refractivity contribution in [3.05, 3.63) is 0 Å². The Bertz CT molecular complexity index is 436. The van der Waals surface area contributed by atoms with Crippen molar-refractivity contribution in [2.75, 3.05) is 11.5 Å². The second kappa shape index (κ2) is 4.49. The smallest absolute Gasteiger partial charge is 0.224 e. The van der Waals surface area contributed by atoms with E-state index in [-0.39, 0.29) is 29.4 Å². The van der Waals surface area contributed by atoms with Gasteiger partial charge in [0.25, 0.3) is 0 Å². The van der Waals surface area contributed by atoms with Gasteiger partial charge in [-0.15, -0.1) is 0 Å². The maximum atomic E-state index is 12.0. The van der Waals surface area contributed by atoms with Crippen molar-refractivity contribution in [1.29, 1.82) is 0 Å². The van der Waals surface area contributed by atoms with Crippen LogP contribution in [0.15, 0.2) is 0 Å². The minimum Gasteiger partial charge on any atom is -0.353 e. The number of hydrogen-bond acceptors (Lipinski definition) is 4. The molecule has 2 N–H and O–H groups in total. The van der Waals surface area contributed by atoms with Crippen molar-refractivity contribution in [3.8, 4) is 0 Å². The van der Waals surface area contributed by atoms with Crippen molar-refractivity contribution in [1.82, 2.24) is 10.6 Å². The Labute approximate surface area is 108 Å². The SMILES string of the molecule is O=C(NC1CC2CCC(C1)N2)C1CCS(=O)(=O)C1. The normalized spacial score (nSPS) is 41.8. The van der Waals surface area contributed by atoms with E-state index in [2.05, 4.69) is 10.6 Å². The molecule has 0 aromatic heterocycles. The van der Waals surface area contributed by atoms with E-state index in [0.29, 0.717) is 18.5 Å². The average molecular weight is 272 g/mol. The second-order valence-electron chi connectivity index (χ2n) is 5.91. The summed E-state index contributed by atoms with van der Waals surface area (Å²) in [5.74, 6) is -0.163. The zero-order valence-corrected chi connectivity index (χ0v) is 11.2. The highest BCUT2D eigenvalue weighted by Crippen LogP contribution is 2.27. The van der Waals surface area contributed by atoms with E-state index in [1.165, 1.54) is 12.8 Å². The molecule has 1 amide bonds. The number of fused-ring (bicyclic) bond motifs is 2. The van der Waals surface area contributed by atoms with E-state index >= 15 is 0 Å². The quantitative estimate of drug-likeness (QED) is 0.731. The first-order valence-electron chi connectivity index (χ1n) is 6.79. The number of carbonyl (C=O) groups is 1. The monoisotopic (exact) mass is 272 g/mol. The first-order chi connectivity index (χ1) is 8.52. The molecule has 3 atom stereocenters. The van der Waals surface area contributed by atoms with E-state index in [9.17, 15) is 13.2 Å². The molecule has 3 rings (SSSR count). The molecule has 0 saturated carbocycles. The third kappa shape index (κ3) is 2.54. The van der Waals surface area contributed by atoms with Crippen LogP contribution in [0.4, 0.5) is 0 Å². The Morgan fingerprint density at radius 1 is 1.11 bits per heavy atom. The molecule has 5 nitrogen and oxygen atoms in total. The van der Waals surface area contributed by atoms with Gasteiger partial charge in [-0.1, -0.05) is 0 Å². The number of hydrogen-bond donors (Lipinski definition) is 2. The summed E-state index contributed by atoms with van der Waals surface area (Å²) in [5.41, 5.74) is 0. The van der Waals surface area contributed by atoms with Gasteiger partial charge in [0.15, 0.2) is 9.84 Å². The van der Waals surface area contributed by atoms with Gasteiger partial charge in [0.1, 0.15) is 0 Å². The highest BCUT2D eigenvalue weighted by molar-refractivity contribution is 7.91. The molecule has 3 saturated heterocycles. The van der Waals surface area contributed by atoms with E-state index in [0.717, 1.165) is 12.8 Å². The number of piperidine rings is 1. The van der Waals surface area contributed by atoms with Crippen molar-refractivity contribution >= 4 is 15.7 Å². The van der Waals surface area contributed by atoms with Crippen LogP contribution in [-0.2, 0) is 14.6 Å². The van der Waals surface area contributed by atoms with Gasteiger partial charge in [-0.3, -0.25) is 4.79 Å². The first kappa shape index (κ1) is 12.4. The Morgan fingerprint density at radius 2 is 1.78 bits per heavy atom. The van der Waals surface area contributed by atoms with Crippen LogP contribution < -0.4 is 10.6 Å². The van der Waals surface area contributed by atoms with Crippen molar-refractivity contribution in [3.63, 3.8) is 0 Å². The Kier molecular flexibility index (Phi) is 3.10. The third-order valence-corrected chi connectivity index (χ3v) is 6.19. The van der Waals surface area contributed by atoms with Crippen LogP contribution in [0.1, 0.15) is 32.1 Å². The first-order valence-corrected chi connectivity index (χ1v) is 8.61. The molecule has 3 aliphatic heterocycles. The average Bonchev–Trinajstić information content (AvgIpc) is 2.82. The lowest BCUT2D eigenvalue weighted by atomic mass is 9.98. The largest absolute Gasteiger partial charge is 0.353 e. The molecule has 3 fully saturated rings. The zero-order valence-electron chi connectivity index (χ0n) is 10.4. The highest BCUT2D eigenvalue weighted by Gasteiger charge is 2.37. The van der Waals surface area contributed by atoms with Crippen LogP contribution in [0.2, 0.25) is 0 Å². The predicted molar refractivity (Wildman–Crippen MR) is 67.9 cm³/mol. The lowest BCUT2D eigenvalue weighted by molar-refractivity contribution is -0.125. The van der Waals surface area contributed by atoms with Crippen LogP contribution in [0.3, 0.4) is 0 Å². The van der Waals surface area contributed by atoms with Crippen molar-refractivity contribution < 1.29 is 13.2 Å². The molecule has 3 aliphatic rings. The lowest BCUT2D eigenvalue weighted by Crippen LogP contribution is -2.49. The summed E-state index contributed by atoms with van der Waals surface area (Å²) in [6.45, 7) is 0. The molecule has 3 unspecified atom stereocenters. The fraction of sp³-hybridized carbons (Fsp3) is 0.917. The summed E-state index contributed by atoms with van der Waals surface area (Å²) in [5, 5.41) is 6.58. The fourth-order valence-electron chi connectivity index (χ4n) is 3.50. The molecule has 0 aromatic carbocycles. The number of nitrogens with one attached hydrogen (secondary N) is 2. The summed E-state index contributed by atoms with van der Waals surface area (Å²) >= 11 is 0. The Balaban J connectivity index is 1.55. The number of amides is 1. The molecule has 102 valence electrons. The molecule has 0 radical (unpaired) electrons. The van der Waals surface area contributed by atoms with E-state index in [4.69, 9.17) is 0 Å². The summed E-state index contributed by atoms with van der Waals surface area (Å²) in [7, 11) is -2.96. The summed E-state index contributed by atoms with van der Waals surface area (Å²) in [4.78, 5) is 12.0. The van der Waals surface area contributed by atoms with Gasteiger partial charge in [0.05, 0.1) is 17.4 Å². The molecule has 0 aliphatic carbocycles. The molecule has 0 aromatic rings. The minimum absolute atomic E-state index is 0.0384. The van der Waals surface area contributed by atoms with Gasteiger partial charge in [0, 0.05) is 18.1 Å². The van der Waals surface area contributed by atoms with E-state index in [1.54, 1.807) is 0 Å². The van der Waals surface area contributed by atoms with Crippen molar-refractivity contribution in [2.45, 2.75) is 50.2 Å². The highest BCUT2D eigenvalue weighted by atomic mass is 32.2. The number of rotatable bonds is 2. The van der Waals surface area contributed by atoms with Crippen LogP contribution in [0.25, 0.3) is 0 Å². The maximum absolute atomic E-state index is 12.0. The fourth-order valence-corrected chi connectivity index (χ4v) is 5.24. The minimum atomic E-state index is -2.96. The number of sulfone groups is 1. The number of carbonyl (C=O) groups excluding carboxylic acids is 1. The van der Waals surface area contributed by atoms with Crippen LogP contribution in [-0.4, -0.2) is 44.0 Å². The lowest BCUT2D eigenvalue weighted by Gasteiger charge is -2.30. The van der Waals surface area contributed by atoms with Crippen LogP contribution in [0.5, 0.6) is 0 Å². The molecular weight excluding hydrogens is 252 g/mol. The van der Waals surface area contributed by atoms with E-state index in [1.807, 2.05) is 0 Å². The standard InChI is InChI=1S/C12H20N2O3S/c15-12(8-3-4-18(16,17)7-8)14-11-5-9-1-2-10(6-11)13-9/h8-11,13H,1-7H2,(H,14,15). The molecule has 6 heteroatoms. The Hall–Kier alpha value is -0.620. The van der Waals surface area contributed by atoms with Gasteiger partial charge in [-0.25, -0.2) is 8.42 Å². The third-order valence-electron chi connectivity index (χ3n) is 4.42. The second-order valence-corrected chi connectivity index (χ2v) is 8.14. The van der Waals surface area contributed by atoms with Gasteiger partial charge in [-0.2, -0.15) is 0 Å². The topological polar surface area (TPSA) is 75.3 Å². The van der Waals surface area contributed by atoms with Crippen LogP contribution >= 0.6 is 0 Å². The van der Waals surface area contributed by atoms with Gasteiger partial charge < -0.3 is 10.6 Å². The predicted octanol–water partition coefficient (Wildman–Crippen LogP) is -0.180. The van der Waals surface area contributed by atoms with Gasteiger partial charge in [0.2, 0.25) is 5.91 Å². The molecule has 3 heterocycles. The molecular formula is C12H20N2O3S. The molecule has 0 spiro atoms. The van der Waals surface area contributed by atoms with Crippen LogP contribution in [0, 0.1) is 5.92 Å². The van der Waals surface area contributed by atoms with Gasteiger partial charge >= 0.3 is 0 Å². The van der Waals surface area contributed by atoms with Gasteiger partial charge in [-0.05, 0) is 32.1 Å². The molecule has 2 bridgehead atoms. The molecule has 18 heavy (non-hydrogen) atoms.